The van der Waals surface area contributed by atoms with Crippen molar-refractivity contribution in [3.8, 4) is 0 Å². The molecule has 0 saturated heterocycles. The van der Waals surface area contributed by atoms with Crippen LogP contribution in [0, 0.1) is 0 Å². The molecular formula is C30H24P2. The number of allylic oxidation sites excluding steroid dienone is 2. The average molecular weight is 446 g/mol. The zero-order valence-corrected chi connectivity index (χ0v) is 19.6. The van der Waals surface area contributed by atoms with Crippen LogP contribution in [-0.4, -0.2) is 0 Å². The Bertz CT molecular complexity index is 1210. The van der Waals surface area contributed by atoms with Gasteiger partial charge in [0.2, 0.25) is 0 Å². The summed E-state index contributed by atoms with van der Waals surface area (Å²) < 4.78 is 0. The Balaban J connectivity index is 1.51. The molecule has 2 aliphatic carbocycles. The van der Waals surface area contributed by atoms with E-state index in [9.17, 15) is 0 Å². The van der Waals surface area contributed by atoms with Gasteiger partial charge in [-0.15, -0.1) is 0 Å². The van der Waals surface area contributed by atoms with Gasteiger partial charge < -0.3 is 0 Å². The zero-order valence-electron chi connectivity index (χ0n) is 17.9. The minimum atomic E-state index is -0.499. The van der Waals surface area contributed by atoms with Crippen molar-refractivity contribution in [3.63, 3.8) is 0 Å². The van der Waals surface area contributed by atoms with Crippen LogP contribution in [0.2, 0.25) is 0 Å². The molecule has 2 heteroatoms. The first-order chi connectivity index (χ1) is 15.9. The third-order valence-corrected chi connectivity index (χ3v) is 14.0. The maximum Gasteiger partial charge on any atom is -0.000849 e. The van der Waals surface area contributed by atoms with Crippen molar-refractivity contribution < 1.29 is 0 Å². The number of hydrogen-bond acceptors (Lipinski definition) is 0. The van der Waals surface area contributed by atoms with Gasteiger partial charge in [0.05, 0.1) is 0 Å². The van der Waals surface area contributed by atoms with Gasteiger partial charge in [0.15, 0.2) is 0 Å². The molecule has 0 heterocycles. The summed E-state index contributed by atoms with van der Waals surface area (Å²) in [6.07, 6.45) is 7.13. The van der Waals surface area contributed by atoms with Crippen molar-refractivity contribution in [1.82, 2.24) is 0 Å². The maximum atomic E-state index is 2.50. The number of benzene rings is 4. The molecule has 0 aliphatic heterocycles. The highest BCUT2D eigenvalue weighted by Crippen LogP contribution is 2.77. The molecule has 0 bridgehead atoms. The fraction of sp³-hybridized carbons (Fsp3) is 0.0667. The van der Waals surface area contributed by atoms with Crippen molar-refractivity contribution >= 4 is 38.0 Å². The highest BCUT2D eigenvalue weighted by atomic mass is 32.1. The van der Waals surface area contributed by atoms with Crippen LogP contribution in [0.25, 0.3) is 12.2 Å². The van der Waals surface area contributed by atoms with Gasteiger partial charge in [0.1, 0.15) is 0 Å². The summed E-state index contributed by atoms with van der Waals surface area (Å²) in [5.41, 5.74) is 5.74. The normalized spacial score (nSPS) is 16.0. The lowest BCUT2D eigenvalue weighted by atomic mass is 10.1. The second kappa shape index (κ2) is 8.63. The van der Waals surface area contributed by atoms with Gasteiger partial charge in [0.25, 0.3) is 0 Å². The molecule has 2 aliphatic rings. The van der Waals surface area contributed by atoms with E-state index in [4.69, 9.17) is 0 Å². The van der Waals surface area contributed by atoms with Crippen molar-refractivity contribution in [2.24, 2.45) is 0 Å². The molecule has 4 aromatic carbocycles. The van der Waals surface area contributed by atoms with E-state index in [1.54, 1.807) is 10.6 Å². The van der Waals surface area contributed by atoms with Crippen LogP contribution in [-0.2, 0) is 12.8 Å². The summed E-state index contributed by atoms with van der Waals surface area (Å²) in [6.45, 7) is 0. The molecule has 0 spiro atoms. The number of fused-ring (bicyclic) bond motifs is 2. The van der Waals surface area contributed by atoms with Crippen molar-refractivity contribution in [3.05, 3.63) is 142 Å². The van der Waals surface area contributed by atoms with Gasteiger partial charge in [-0.25, -0.2) is 0 Å². The first kappa shape index (κ1) is 19.9. The minimum Gasteiger partial charge on any atom is -0.0622 e. The van der Waals surface area contributed by atoms with E-state index < -0.39 is 15.2 Å². The summed E-state index contributed by atoms with van der Waals surface area (Å²) >= 11 is 0. The molecule has 154 valence electrons. The van der Waals surface area contributed by atoms with E-state index in [2.05, 4.69) is 121 Å². The Labute approximate surface area is 192 Å². The van der Waals surface area contributed by atoms with Crippen LogP contribution in [0.3, 0.4) is 0 Å². The summed E-state index contributed by atoms with van der Waals surface area (Å²) in [5.74, 6) is 0. The smallest absolute Gasteiger partial charge is 0.000849 e. The molecule has 2 atom stereocenters. The fourth-order valence-electron chi connectivity index (χ4n) is 4.75. The van der Waals surface area contributed by atoms with Gasteiger partial charge in [-0.2, -0.15) is 0 Å². The van der Waals surface area contributed by atoms with Gasteiger partial charge in [0, 0.05) is 0 Å². The number of rotatable bonds is 5. The molecule has 0 nitrogen and oxygen atoms in total. The van der Waals surface area contributed by atoms with Crippen LogP contribution in [0.1, 0.15) is 22.3 Å². The summed E-state index contributed by atoms with van der Waals surface area (Å²) in [6, 6.07) is 40.4. The van der Waals surface area contributed by atoms with Crippen molar-refractivity contribution in [2.45, 2.75) is 12.8 Å². The molecule has 32 heavy (non-hydrogen) atoms. The SMILES string of the molecule is C1=C(P(c2ccccc2)P(C2=Cc3ccccc3C2)c2ccccc2)Cc2ccccc21. The van der Waals surface area contributed by atoms with Gasteiger partial charge in [-0.05, 0) is 83.7 Å². The van der Waals surface area contributed by atoms with E-state index >= 15 is 0 Å². The Morgan fingerprint density at radius 3 is 1.19 bits per heavy atom. The Morgan fingerprint density at radius 1 is 0.406 bits per heavy atom. The molecule has 0 fully saturated rings. The first-order valence-electron chi connectivity index (χ1n) is 11.1. The lowest BCUT2D eigenvalue weighted by Crippen LogP contribution is -2.09. The molecular weight excluding hydrogens is 422 g/mol. The topological polar surface area (TPSA) is 0 Å². The van der Waals surface area contributed by atoms with Gasteiger partial charge >= 0.3 is 0 Å². The molecule has 6 rings (SSSR count). The van der Waals surface area contributed by atoms with Gasteiger partial charge in [-0.1, -0.05) is 109 Å². The van der Waals surface area contributed by atoms with Crippen LogP contribution in [0.5, 0.6) is 0 Å². The third-order valence-electron chi connectivity index (χ3n) is 6.24. The molecule has 0 N–H and O–H groups in total. The Morgan fingerprint density at radius 2 is 0.781 bits per heavy atom. The van der Waals surface area contributed by atoms with Crippen LogP contribution in [0.4, 0.5) is 0 Å². The zero-order chi connectivity index (χ0) is 21.3. The second-order valence-electron chi connectivity index (χ2n) is 8.32. The predicted octanol–water partition coefficient (Wildman–Crippen LogP) is 7.71. The van der Waals surface area contributed by atoms with Crippen LogP contribution < -0.4 is 10.6 Å². The highest BCUT2D eigenvalue weighted by Gasteiger charge is 2.34. The molecule has 0 aromatic heterocycles. The Kier molecular flexibility index (Phi) is 5.36. The predicted molar refractivity (Wildman–Crippen MR) is 142 cm³/mol. The number of hydrogen-bond donors (Lipinski definition) is 0. The standard InChI is InChI=1S/C30H24P2/c1-3-15-27(16-4-1)31(29-19-23-11-7-8-12-24(23)20-29)32(28-17-5-2-6-18-28)30-21-25-13-9-10-14-26(25)22-30/h1-19,21H,20,22H2. The van der Waals surface area contributed by atoms with Crippen molar-refractivity contribution in [1.29, 1.82) is 0 Å². The largest absolute Gasteiger partial charge is 0.0622 e. The second-order valence-corrected chi connectivity index (χ2v) is 14.1. The molecule has 0 radical (unpaired) electrons. The molecule has 0 amide bonds. The maximum absolute atomic E-state index is 2.50. The lowest BCUT2D eigenvalue weighted by molar-refractivity contribution is 1.28. The van der Waals surface area contributed by atoms with Crippen LogP contribution >= 0.6 is 15.2 Å². The molecule has 4 aromatic rings. The van der Waals surface area contributed by atoms with E-state index in [1.165, 1.54) is 32.9 Å². The quantitative estimate of drug-likeness (QED) is 0.276. The third kappa shape index (κ3) is 3.69. The summed E-state index contributed by atoms with van der Waals surface area (Å²) in [7, 11) is -0.998. The summed E-state index contributed by atoms with van der Waals surface area (Å²) in [5, 5.41) is 6.21. The molecule has 0 saturated carbocycles. The lowest BCUT2D eigenvalue weighted by Gasteiger charge is -2.31. The fourth-order valence-corrected chi connectivity index (χ4v) is 13.0. The van der Waals surface area contributed by atoms with Gasteiger partial charge in [-0.3, -0.25) is 0 Å². The monoisotopic (exact) mass is 446 g/mol. The van der Waals surface area contributed by atoms with E-state index in [-0.39, 0.29) is 0 Å². The summed E-state index contributed by atoms with van der Waals surface area (Å²) in [4.78, 5) is 0. The van der Waals surface area contributed by atoms with E-state index in [1.807, 2.05) is 0 Å². The Hall–Kier alpha value is -2.78. The molecule has 2 unspecified atom stereocenters. The average Bonchev–Trinajstić information content (AvgIpc) is 3.47. The van der Waals surface area contributed by atoms with Crippen LogP contribution in [0.15, 0.2) is 120 Å². The minimum absolute atomic E-state index is 0.499. The van der Waals surface area contributed by atoms with E-state index in [0.717, 1.165) is 12.8 Å². The highest BCUT2D eigenvalue weighted by molar-refractivity contribution is 8.39. The van der Waals surface area contributed by atoms with Crippen molar-refractivity contribution in [2.75, 3.05) is 0 Å². The van der Waals surface area contributed by atoms with E-state index in [0.29, 0.717) is 0 Å². The first-order valence-corrected chi connectivity index (χ1v) is 14.5.